The monoisotopic (exact) mass is 296 g/mol. The number of nitrogens with one attached hydrogen (secondary N) is 1. The Bertz CT molecular complexity index is 877. The molecule has 3 aromatic rings. The molecule has 0 spiro atoms. The molecule has 7 heteroatoms. The Balaban J connectivity index is 1.79. The lowest BCUT2D eigenvalue weighted by Gasteiger charge is -2.10. The Labute approximate surface area is 127 Å². The van der Waals surface area contributed by atoms with E-state index in [4.69, 9.17) is 0 Å². The van der Waals surface area contributed by atoms with Crippen molar-refractivity contribution in [2.75, 3.05) is 5.32 Å². The predicted octanol–water partition coefficient (Wildman–Crippen LogP) is 1.76. The van der Waals surface area contributed by atoms with Crippen molar-refractivity contribution in [2.45, 2.75) is 25.7 Å². The molecule has 3 aromatic heterocycles. The molecule has 112 valence electrons. The van der Waals surface area contributed by atoms with Gasteiger partial charge in [-0.2, -0.15) is 5.10 Å². The van der Waals surface area contributed by atoms with Gasteiger partial charge in [0.2, 0.25) is 0 Å². The Hall–Kier alpha value is -2.70. The maximum absolute atomic E-state index is 12.6. The summed E-state index contributed by atoms with van der Waals surface area (Å²) in [6.07, 6.45) is 5.55. The summed E-state index contributed by atoms with van der Waals surface area (Å²) in [5.41, 5.74) is 3.55. The highest BCUT2D eigenvalue weighted by Crippen LogP contribution is 2.34. The van der Waals surface area contributed by atoms with E-state index in [0.29, 0.717) is 22.9 Å². The molecule has 1 aliphatic rings. The van der Waals surface area contributed by atoms with Crippen molar-refractivity contribution >= 4 is 17.4 Å². The van der Waals surface area contributed by atoms with E-state index in [1.54, 1.807) is 23.3 Å². The first-order valence-electron chi connectivity index (χ1n) is 7.30. The molecule has 1 aliphatic carbocycles. The molecule has 7 nitrogen and oxygen atoms in total. The first-order valence-corrected chi connectivity index (χ1v) is 7.30. The fourth-order valence-corrected chi connectivity index (χ4v) is 3.09. The normalized spacial score (nSPS) is 16.9. The summed E-state index contributed by atoms with van der Waals surface area (Å²) in [6, 6.07) is 3.71. The number of amides is 1. The standard InChI is InChI=1S/C15H16N6O/c1-9-3-4-12-10(9)7-11(14-18-16-8-21(12)14)15(22)17-13-5-6-20(2)19-13/h5-9H,3-4H2,1-2H3,(H,17,19,22)/t9-/m0/s1. The summed E-state index contributed by atoms with van der Waals surface area (Å²) in [5, 5.41) is 15.1. The van der Waals surface area contributed by atoms with E-state index in [1.165, 1.54) is 11.3 Å². The van der Waals surface area contributed by atoms with Crippen LogP contribution in [0.3, 0.4) is 0 Å². The maximum atomic E-state index is 12.6. The Morgan fingerprint density at radius 2 is 2.32 bits per heavy atom. The molecule has 22 heavy (non-hydrogen) atoms. The molecule has 0 fully saturated rings. The van der Waals surface area contributed by atoms with Crippen molar-refractivity contribution in [3.05, 3.63) is 41.5 Å². The van der Waals surface area contributed by atoms with Crippen LogP contribution in [0.25, 0.3) is 5.65 Å². The highest BCUT2D eigenvalue weighted by atomic mass is 16.1. The zero-order valence-electron chi connectivity index (χ0n) is 12.4. The van der Waals surface area contributed by atoms with Crippen molar-refractivity contribution < 1.29 is 4.79 Å². The van der Waals surface area contributed by atoms with Crippen LogP contribution >= 0.6 is 0 Å². The van der Waals surface area contributed by atoms with Crippen molar-refractivity contribution in [1.29, 1.82) is 0 Å². The lowest BCUT2D eigenvalue weighted by atomic mass is 10.0. The number of nitrogens with zero attached hydrogens (tertiary/aromatic N) is 5. The molecule has 0 aliphatic heterocycles. The quantitative estimate of drug-likeness (QED) is 0.781. The average Bonchev–Trinajstić information content (AvgIpc) is 3.19. The molecule has 3 heterocycles. The van der Waals surface area contributed by atoms with Crippen molar-refractivity contribution in [2.24, 2.45) is 7.05 Å². The topological polar surface area (TPSA) is 77.1 Å². The highest BCUT2D eigenvalue weighted by Gasteiger charge is 2.25. The van der Waals surface area contributed by atoms with Gasteiger partial charge in [-0.3, -0.25) is 13.9 Å². The van der Waals surface area contributed by atoms with Gasteiger partial charge < -0.3 is 5.32 Å². The van der Waals surface area contributed by atoms with Gasteiger partial charge in [-0.1, -0.05) is 6.92 Å². The van der Waals surface area contributed by atoms with Crippen LogP contribution in [0.1, 0.15) is 40.9 Å². The van der Waals surface area contributed by atoms with Crippen LogP contribution < -0.4 is 5.32 Å². The first-order chi connectivity index (χ1) is 10.6. The SMILES string of the molecule is C[C@H]1CCc2c1cc(C(=O)Nc1ccn(C)n1)c1nncn21. The van der Waals surface area contributed by atoms with Gasteiger partial charge in [-0.05, 0) is 30.4 Å². The largest absolute Gasteiger partial charge is 0.305 e. The minimum atomic E-state index is -0.210. The van der Waals surface area contributed by atoms with Crippen molar-refractivity contribution in [3.63, 3.8) is 0 Å². The second kappa shape index (κ2) is 4.66. The molecular formula is C15H16N6O. The van der Waals surface area contributed by atoms with Gasteiger partial charge in [0.05, 0.1) is 5.56 Å². The number of hydrogen-bond donors (Lipinski definition) is 1. The van der Waals surface area contributed by atoms with Gasteiger partial charge in [0.25, 0.3) is 5.91 Å². The van der Waals surface area contributed by atoms with Crippen LogP contribution in [0.5, 0.6) is 0 Å². The van der Waals surface area contributed by atoms with Gasteiger partial charge in [0, 0.05) is 25.0 Å². The lowest BCUT2D eigenvalue weighted by Crippen LogP contribution is -2.15. The smallest absolute Gasteiger partial charge is 0.260 e. The molecule has 1 N–H and O–H groups in total. The summed E-state index contributed by atoms with van der Waals surface area (Å²) < 4.78 is 3.58. The molecule has 0 saturated heterocycles. The fraction of sp³-hybridized carbons (Fsp3) is 0.333. The second-order valence-electron chi connectivity index (χ2n) is 5.75. The molecule has 0 saturated carbocycles. The minimum absolute atomic E-state index is 0.210. The van der Waals surface area contributed by atoms with E-state index >= 15 is 0 Å². The number of carbonyl (C=O) groups excluding carboxylic acids is 1. The number of aromatic nitrogens is 5. The van der Waals surface area contributed by atoms with E-state index < -0.39 is 0 Å². The van der Waals surface area contributed by atoms with Gasteiger partial charge in [0.15, 0.2) is 11.5 Å². The zero-order chi connectivity index (χ0) is 15.3. The van der Waals surface area contributed by atoms with Crippen LogP contribution in [0.4, 0.5) is 5.82 Å². The van der Waals surface area contributed by atoms with Gasteiger partial charge in [0.1, 0.15) is 6.33 Å². The average molecular weight is 296 g/mol. The van der Waals surface area contributed by atoms with E-state index in [9.17, 15) is 4.79 Å². The molecule has 0 radical (unpaired) electrons. The third kappa shape index (κ3) is 1.89. The third-order valence-electron chi connectivity index (χ3n) is 4.26. The molecule has 0 aromatic carbocycles. The molecule has 4 rings (SSSR count). The summed E-state index contributed by atoms with van der Waals surface area (Å²) in [5.74, 6) is 0.764. The van der Waals surface area contributed by atoms with E-state index in [1.807, 2.05) is 17.5 Å². The zero-order valence-corrected chi connectivity index (χ0v) is 12.4. The van der Waals surface area contributed by atoms with Crippen LogP contribution in [0.2, 0.25) is 0 Å². The number of pyridine rings is 1. The van der Waals surface area contributed by atoms with Crippen LogP contribution in [0, 0.1) is 0 Å². The van der Waals surface area contributed by atoms with Crippen LogP contribution in [0.15, 0.2) is 24.7 Å². The van der Waals surface area contributed by atoms with Gasteiger partial charge in [-0.15, -0.1) is 10.2 Å². The van der Waals surface area contributed by atoms with Crippen LogP contribution in [-0.4, -0.2) is 30.3 Å². The van der Waals surface area contributed by atoms with Gasteiger partial charge >= 0.3 is 0 Å². The van der Waals surface area contributed by atoms with E-state index in [-0.39, 0.29) is 5.91 Å². The summed E-state index contributed by atoms with van der Waals surface area (Å²) >= 11 is 0. The number of aryl methyl sites for hydroxylation is 2. The molecule has 1 atom stereocenters. The van der Waals surface area contributed by atoms with Crippen molar-refractivity contribution in [1.82, 2.24) is 24.4 Å². The summed E-state index contributed by atoms with van der Waals surface area (Å²) in [6.45, 7) is 2.18. The Kier molecular flexibility index (Phi) is 2.75. The molecule has 0 unspecified atom stereocenters. The van der Waals surface area contributed by atoms with Crippen LogP contribution in [-0.2, 0) is 13.5 Å². The van der Waals surface area contributed by atoms with E-state index in [2.05, 4.69) is 27.5 Å². The lowest BCUT2D eigenvalue weighted by molar-refractivity contribution is 0.102. The fourth-order valence-electron chi connectivity index (χ4n) is 3.09. The minimum Gasteiger partial charge on any atom is -0.305 e. The number of hydrogen-bond acceptors (Lipinski definition) is 4. The highest BCUT2D eigenvalue weighted by molar-refractivity contribution is 6.08. The first kappa shape index (κ1) is 13.0. The Morgan fingerprint density at radius 3 is 3.09 bits per heavy atom. The van der Waals surface area contributed by atoms with Crippen molar-refractivity contribution in [3.8, 4) is 0 Å². The predicted molar refractivity (Wildman–Crippen MR) is 80.9 cm³/mol. The number of fused-ring (bicyclic) bond motifs is 3. The number of rotatable bonds is 2. The summed E-state index contributed by atoms with van der Waals surface area (Å²) in [4.78, 5) is 12.6. The maximum Gasteiger partial charge on any atom is 0.260 e. The van der Waals surface area contributed by atoms with E-state index in [0.717, 1.165) is 12.8 Å². The number of carbonyl (C=O) groups is 1. The Morgan fingerprint density at radius 1 is 1.45 bits per heavy atom. The molecular weight excluding hydrogens is 280 g/mol. The molecule has 0 bridgehead atoms. The third-order valence-corrected chi connectivity index (χ3v) is 4.26. The second-order valence-corrected chi connectivity index (χ2v) is 5.75. The van der Waals surface area contributed by atoms with Gasteiger partial charge in [-0.25, -0.2) is 0 Å². The number of anilines is 1. The molecule has 1 amide bonds. The summed E-state index contributed by atoms with van der Waals surface area (Å²) in [7, 11) is 1.81.